The Morgan fingerprint density at radius 1 is 1.24 bits per heavy atom. The van der Waals surface area contributed by atoms with Crippen LogP contribution in [0.4, 0.5) is 5.69 Å². The molecule has 3 rings (SSSR count). The summed E-state index contributed by atoms with van der Waals surface area (Å²) in [5.74, 6) is 0.955. The van der Waals surface area contributed by atoms with Crippen molar-refractivity contribution in [2.24, 2.45) is 0 Å². The Morgan fingerprint density at radius 3 is 2.71 bits per heavy atom. The lowest BCUT2D eigenvalue weighted by Gasteiger charge is -2.21. The Labute approximate surface area is 126 Å². The highest BCUT2D eigenvalue weighted by Gasteiger charge is 2.33. The van der Waals surface area contributed by atoms with E-state index in [-0.39, 0.29) is 0 Å². The van der Waals surface area contributed by atoms with E-state index in [1.54, 1.807) is 6.26 Å². The summed E-state index contributed by atoms with van der Waals surface area (Å²) in [6, 6.07) is 6.82. The van der Waals surface area contributed by atoms with Gasteiger partial charge in [-0.15, -0.1) is 0 Å². The van der Waals surface area contributed by atoms with Gasteiger partial charge in [-0.2, -0.15) is 0 Å². The third-order valence-corrected chi connectivity index (χ3v) is 4.75. The lowest BCUT2D eigenvalue weighted by atomic mass is 9.95. The lowest BCUT2D eigenvalue weighted by Crippen LogP contribution is -2.23. The fourth-order valence-corrected chi connectivity index (χ4v) is 3.59. The van der Waals surface area contributed by atoms with Crippen molar-refractivity contribution in [2.45, 2.75) is 46.0 Å². The van der Waals surface area contributed by atoms with E-state index in [9.17, 15) is 0 Å². The molecule has 0 saturated carbocycles. The summed E-state index contributed by atoms with van der Waals surface area (Å²) in [6.45, 7) is 10.8. The molecule has 0 spiro atoms. The van der Waals surface area contributed by atoms with Gasteiger partial charge in [0.05, 0.1) is 0 Å². The van der Waals surface area contributed by atoms with E-state index in [1.807, 2.05) is 0 Å². The van der Waals surface area contributed by atoms with E-state index in [2.05, 4.69) is 56.0 Å². The Kier molecular flexibility index (Phi) is 3.75. The predicted molar refractivity (Wildman–Crippen MR) is 86.1 cm³/mol. The molecule has 0 bridgehead atoms. The second kappa shape index (κ2) is 5.55. The van der Waals surface area contributed by atoms with Crippen LogP contribution >= 0.6 is 0 Å². The number of benzene rings is 1. The van der Waals surface area contributed by atoms with E-state index in [1.165, 1.54) is 16.7 Å². The molecule has 1 aliphatic rings. The van der Waals surface area contributed by atoms with Gasteiger partial charge in [0.25, 0.3) is 0 Å². The van der Waals surface area contributed by atoms with Gasteiger partial charge in [0, 0.05) is 19.0 Å². The van der Waals surface area contributed by atoms with Crippen molar-refractivity contribution in [3.8, 4) is 0 Å². The first-order valence-corrected chi connectivity index (χ1v) is 7.95. The Bertz CT molecular complexity index is 628. The molecule has 0 N–H and O–H groups in total. The van der Waals surface area contributed by atoms with Gasteiger partial charge < -0.3 is 9.42 Å². The molecule has 112 valence electrons. The monoisotopic (exact) mass is 284 g/mol. The van der Waals surface area contributed by atoms with Crippen LogP contribution in [0.2, 0.25) is 0 Å². The fourth-order valence-electron chi connectivity index (χ4n) is 3.59. The zero-order valence-electron chi connectivity index (χ0n) is 13.4. The number of rotatable bonds is 4. The molecular formula is C18H24N2O. The SMILES string of the molecule is CCN(CC)c1conc1C1CC(C)c2ccc(C)cc21. The highest BCUT2D eigenvalue weighted by Crippen LogP contribution is 2.47. The van der Waals surface area contributed by atoms with Gasteiger partial charge in [0.2, 0.25) is 0 Å². The van der Waals surface area contributed by atoms with Crippen LogP contribution in [-0.2, 0) is 0 Å². The molecule has 3 nitrogen and oxygen atoms in total. The number of aryl methyl sites for hydroxylation is 1. The van der Waals surface area contributed by atoms with Crippen LogP contribution in [0.3, 0.4) is 0 Å². The first-order valence-electron chi connectivity index (χ1n) is 7.95. The highest BCUT2D eigenvalue weighted by atomic mass is 16.5. The third-order valence-electron chi connectivity index (χ3n) is 4.75. The summed E-state index contributed by atoms with van der Waals surface area (Å²) in [5, 5.41) is 4.36. The average molecular weight is 284 g/mol. The minimum Gasteiger partial charge on any atom is -0.368 e. The van der Waals surface area contributed by atoms with Gasteiger partial charge in [-0.05, 0) is 44.2 Å². The first kappa shape index (κ1) is 14.2. The molecule has 2 unspecified atom stereocenters. The van der Waals surface area contributed by atoms with Gasteiger partial charge in [-0.3, -0.25) is 0 Å². The Balaban J connectivity index is 2.04. The molecule has 0 saturated heterocycles. The lowest BCUT2D eigenvalue weighted by molar-refractivity contribution is 0.407. The largest absolute Gasteiger partial charge is 0.368 e. The van der Waals surface area contributed by atoms with Crippen molar-refractivity contribution in [2.75, 3.05) is 18.0 Å². The number of anilines is 1. The molecule has 2 atom stereocenters. The Hall–Kier alpha value is -1.77. The molecule has 1 aromatic heterocycles. The first-order chi connectivity index (χ1) is 10.2. The molecule has 0 aliphatic heterocycles. The summed E-state index contributed by atoms with van der Waals surface area (Å²) >= 11 is 0. The zero-order chi connectivity index (χ0) is 15.0. The maximum absolute atomic E-state index is 5.33. The van der Waals surface area contributed by atoms with Crippen molar-refractivity contribution < 1.29 is 4.52 Å². The van der Waals surface area contributed by atoms with Crippen molar-refractivity contribution in [1.82, 2.24) is 5.16 Å². The van der Waals surface area contributed by atoms with Crippen LogP contribution in [0.5, 0.6) is 0 Å². The smallest absolute Gasteiger partial charge is 0.147 e. The minimum absolute atomic E-state index is 0.365. The second-order valence-corrected chi connectivity index (χ2v) is 6.08. The molecule has 21 heavy (non-hydrogen) atoms. The van der Waals surface area contributed by atoms with Gasteiger partial charge in [-0.25, -0.2) is 0 Å². The summed E-state index contributed by atoms with van der Waals surface area (Å²) in [6.07, 6.45) is 2.93. The second-order valence-electron chi connectivity index (χ2n) is 6.08. The maximum atomic E-state index is 5.33. The highest BCUT2D eigenvalue weighted by molar-refractivity contribution is 5.55. The van der Waals surface area contributed by atoms with Crippen LogP contribution in [0.1, 0.15) is 61.4 Å². The van der Waals surface area contributed by atoms with Crippen LogP contribution in [0.15, 0.2) is 29.0 Å². The molecule has 0 amide bonds. The normalized spacial score (nSPS) is 20.6. The number of hydrogen-bond donors (Lipinski definition) is 0. The summed E-state index contributed by atoms with van der Waals surface area (Å²) < 4.78 is 5.33. The average Bonchev–Trinajstić information content (AvgIpc) is 3.05. The molecule has 3 heteroatoms. The summed E-state index contributed by atoms with van der Waals surface area (Å²) in [7, 11) is 0. The van der Waals surface area contributed by atoms with Crippen molar-refractivity contribution >= 4 is 5.69 Å². The molecule has 1 aliphatic carbocycles. The van der Waals surface area contributed by atoms with Gasteiger partial charge in [0.1, 0.15) is 17.6 Å². The van der Waals surface area contributed by atoms with Gasteiger partial charge >= 0.3 is 0 Å². The van der Waals surface area contributed by atoms with Crippen LogP contribution in [0, 0.1) is 6.92 Å². The molecule has 1 heterocycles. The molecule has 1 aromatic carbocycles. The van der Waals surface area contributed by atoms with Crippen molar-refractivity contribution in [1.29, 1.82) is 0 Å². The van der Waals surface area contributed by atoms with Crippen LogP contribution in [0.25, 0.3) is 0 Å². The topological polar surface area (TPSA) is 29.3 Å². The standard InChI is InChI=1S/C18H24N2O/c1-5-20(6-2)17-11-21-19-18(17)16-10-13(4)14-8-7-12(3)9-15(14)16/h7-9,11,13,16H,5-6,10H2,1-4H3. The van der Waals surface area contributed by atoms with E-state index < -0.39 is 0 Å². The van der Waals surface area contributed by atoms with E-state index in [4.69, 9.17) is 4.52 Å². The van der Waals surface area contributed by atoms with Gasteiger partial charge in [-0.1, -0.05) is 35.8 Å². The maximum Gasteiger partial charge on any atom is 0.147 e. The molecular weight excluding hydrogens is 260 g/mol. The fraction of sp³-hybridized carbons (Fsp3) is 0.500. The third kappa shape index (κ3) is 2.35. The van der Waals surface area contributed by atoms with Crippen molar-refractivity contribution in [3.05, 3.63) is 46.8 Å². The van der Waals surface area contributed by atoms with Crippen LogP contribution in [-0.4, -0.2) is 18.2 Å². The van der Waals surface area contributed by atoms with Crippen LogP contribution < -0.4 is 4.90 Å². The van der Waals surface area contributed by atoms with E-state index in [0.717, 1.165) is 30.9 Å². The molecule has 0 fully saturated rings. The number of nitrogens with zero attached hydrogens (tertiary/aromatic N) is 2. The number of hydrogen-bond acceptors (Lipinski definition) is 3. The summed E-state index contributed by atoms with van der Waals surface area (Å²) in [4.78, 5) is 2.32. The Morgan fingerprint density at radius 2 is 2.00 bits per heavy atom. The predicted octanol–water partition coefficient (Wildman–Crippen LogP) is 4.47. The summed E-state index contributed by atoms with van der Waals surface area (Å²) in [5.41, 5.74) is 6.49. The quantitative estimate of drug-likeness (QED) is 0.829. The number of aromatic nitrogens is 1. The van der Waals surface area contributed by atoms with Crippen molar-refractivity contribution in [3.63, 3.8) is 0 Å². The zero-order valence-corrected chi connectivity index (χ0v) is 13.4. The molecule has 2 aromatic rings. The van der Waals surface area contributed by atoms with Gasteiger partial charge in [0.15, 0.2) is 0 Å². The minimum atomic E-state index is 0.365. The molecule has 0 radical (unpaired) electrons. The van der Waals surface area contributed by atoms with E-state index in [0.29, 0.717) is 11.8 Å². The number of fused-ring (bicyclic) bond motifs is 1. The van der Waals surface area contributed by atoms with E-state index >= 15 is 0 Å².